The predicted octanol–water partition coefficient (Wildman–Crippen LogP) is 4.34. The van der Waals surface area contributed by atoms with Crippen molar-refractivity contribution >= 4 is 27.6 Å². The van der Waals surface area contributed by atoms with Crippen molar-refractivity contribution < 1.29 is 37.3 Å². The minimum absolute atomic E-state index is 0.0225. The molecule has 4 atom stereocenters. The van der Waals surface area contributed by atoms with Crippen LogP contribution in [0.2, 0.25) is 0 Å². The van der Waals surface area contributed by atoms with Gasteiger partial charge in [-0.15, -0.1) is 0 Å². The van der Waals surface area contributed by atoms with E-state index in [1.165, 1.54) is 25.3 Å². The van der Waals surface area contributed by atoms with E-state index in [0.29, 0.717) is 31.1 Å². The molecule has 0 saturated carbocycles. The number of benzene rings is 2. The van der Waals surface area contributed by atoms with E-state index in [9.17, 15) is 23.1 Å². The van der Waals surface area contributed by atoms with Crippen molar-refractivity contribution in [1.82, 2.24) is 15.1 Å². The van der Waals surface area contributed by atoms with Gasteiger partial charge in [-0.05, 0) is 89.4 Å². The van der Waals surface area contributed by atoms with E-state index in [-0.39, 0.29) is 59.5 Å². The molecule has 256 valence electrons. The number of likely N-dealkylation sites (N-methyl/N-ethyl adjacent to an activating group) is 1. The summed E-state index contributed by atoms with van der Waals surface area (Å²) in [6.45, 7) is 10.1. The molecule has 13 heteroatoms. The van der Waals surface area contributed by atoms with E-state index in [4.69, 9.17) is 14.2 Å². The summed E-state index contributed by atoms with van der Waals surface area (Å²) in [6, 6.07) is 9.79. The Kier molecular flexibility index (Phi) is 13.5. The van der Waals surface area contributed by atoms with Crippen molar-refractivity contribution in [3.63, 3.8) is 0 Å². The molecule has 12 nitrogen and oxygen atoms in total. The Bertz CT molecular complexity index is 1400. The first kappa shape index (κ1) is 36.9. The molecule has 3 N–H and O–H groups in total. The van der Waals surface area contributed by atoms with E-state index in [1.54, 1.807) is 48.0 Å². The molecule has 3 amide bonds. The molecule has 0 fully saturated rings. The number of carbonyl (C=O) groups is 2. The number of aliphatic hydroxyl groups is 1. The number of sulfonamides is 1. The highest BCUT2D eigenvalue weighted by Gasteiger charge is 2.31. The summed E-state index contributed by atoms with van der Waals surface area (Å²) in [5, 5.41) is 13.1. The maximum absolute atomic E-state index is 14.3. The number of hydrogen-bond acceptors (Lipinski definition) is 8. The van der Waals surface area contributed by atoms with Crippen molar-refractivity contribution in [2.75, 3.05) is 45.2 Å². The fraction of sp³-hybridized carbons (Fsp3) is 0.576. The van der Waals surface area contributed by atoms with Crippen LogP contribution >= 0.6 is 0 Å². The second kappa shape index (κ2) is 16.8. The van der Waals surface area contributed by atoms with Gasteiger partial charge in [-0.25, -0.2) is 13.2 Å². The molecule has 1 aliphatic rings. The standard InChI is InChI=1S/C33H50N4O8S/c1-22(2)34-33(40)36(6)20-31-23(3)19-37(24(4)21-38)32(39)29-18-26(11-16-30(29)45-25(5)10-8-9-17-44-31)35-46(41,42)28-14-12-27(43-7)13-15-28/h11-16,18,22-25,31,35,38H,8-10,17,19-21H2,1-7H3,(H,34,40)/t23-,24-,25+,31+/m0/s1. The molecular weight excluding hydrogens is 612 g/mol. The molecule has 2 aromatic rings. The zero-order chi connectivity index (χ0) is 34.0. The molecule has 0 unspecified atom stereocenters. The Morgan fingerprint density at radius 2 is 1.83 bits per heavy atom. The number of nitrogens with one attached hydrogen (secondary N) is 2. The van der Waals surface area contributed by atoms with Gasteiger partial charge in [0.1, 0.15) is 11.5 Å². The Morgan fingerprint density at radius 1 is 1.13 bits per heavy atom. The largest absolute Gasteiger partial charge is 0.497 e. The zero-order valence-corrected chi connectivity index (χ0v) is 28.8. The Balaban J connectivity index is 1.98. The number of ether oxygens (including phenoxy) is 3. The van der Waals surface area contributed by atoms with Crippen LogP contribution in [-0.2, 0) is 14.8 Å². The minimum Gasteiger partial charge on any atom is -0.497 e. The van der Waals surface area contributed by atoms with Crippen LogP contribution < -0.4 is 19.5 Å². The topological polar surface area (TPSA) is 147 Å². The summed E-state index contributed by atoms with van der Waals surface area (Å²) >= 11 is 0. The van der Waals surface area contributed by atoms with Crippen molar-refractivity contribution in [3.8, 4) is 11.5 Å². The van der Waals surface area contributed by atoms with E-state index in [1.807, 2.05) is 27.7 Å². The Hall–Kier alpha value is -3.55. The van der Waals surface area contributed by atoms with Crippen molar-refractivity contribution in [3.05, 3.63) is 48.0 Å². The number of aliphatic hydroxyl groups excluding tert-OH is 1. The highest BCUT2D eigenvalue weighted by molar-refractivity contribution is 7.92. The lowest BCUT2D eigenvalue weighted by atomic mass is 10.0. The van der Waals surface area contributed by atoms with Gasteiger partial charge in [0.15, 0.2) is 0 Å². The van der Waals surface area contributed by atoms with Gasteiger partial charge >= 0.3 is 6.03 Å². The summed E-state index contributed by atoms with van der Waals surface area (Å²) in [7, 11) is -0.777. The van der Waals surface area contributed by atoms with Gasteiger partial charge < -0.3 is 34.4 Å². The Morgan fingerprint density at radius 3 is 2.46 bits per heavy atom. The molecule has 3 rings (SSSR count). The van der Waals surface area contributed by atoms with Gasteiger partial charge in [0.25, 0.3) is 15.9 Å². The minimum atomic E-state index is -3.98. The highest BCUT2D eigenvalue weighted by atomic mass is 32.2. The number of hydrogen-bond donors (Lipinski definition) is 3. The number of urea groups is 1. The molecule has 1 aliphatic heterocycles. The number of carbonyl (C=O) groups excluding carboxylic acids is 2. The summed E-state index contributed by atoms with van der Waals surface area (Å²) in [5.74, 6) is 0.188. The predicted molar refractivity (Wildman–Crippen MR) is 177 cm³/mol. The van der Waals surface area contributed by atoms with Crippen LogP contribution in [0.3, 0.4) is 0 Å². The molecular formula is C33H50N4O8S. The number of rotatable bonds is 9. The first-order valence-electron chi connectivity index (χ1n) is 15.8. The average molecular weight is 663 g/mol. The van der Waals surface area contributed by atoms with Gasteiger partial charge in [0.2, 0.25) is 0 Å². The van der Waals surface area contributed by atoms with E-state index in [2.05, 4.69) is 10.0 Å². The number of amides is 3. The van der Waals surface area contributed by atoms with Crippen LogP contribution in [0.15, 0.2) is 47.4 Å². The lowest BCUT2D eigenvalue weighted by Gasteiger charge is -2.36. The molecule has 0 spiro atoms. The van der Waals surface area contributed by atoms with Gasteiger partial charge in [-0.2, -0.15) is 0 Å². The SMILES string of the molecule is COc1ccc(S(=O)(=O)Nc2ccc3c(c2)C(=O)N([C@@H](C)CO)C[C@H](C)[C@@H](CN(C)C(=O)NC(C)C)OCCCC[C@@H](C)O3)cc1. The quantitative estimate of drug-likeness (QED) is 0.360. The van der Waals surface area contributed by atoms with E-state index in [0.717, 1.165) is 12.8 Å². The zero-order valence-electron chi connectivity index (χ0n) is 28.0. The second-order valence-electron chi connectivity index (χ2n) is 12.3. The van der Waals surface area contributed by atoms with Crippen molar-refractivity contribution in [2.45, 2.75) is 83.1 Å². The summed E-state index contributed by atoms with van der Waals surface area (Å²) in [5.41, 5.74) is 0.348. The fourth-order valence-electron chi connectivity index (χ4n) is 5.13. The van der Waals surface area contributed by atoms with Gasteiger partial charge in [0, 0.05) is 44.4 Å². The van der Waals surface area contributed by atoms with Crippen LogP contribution in [0, 0.1) is 5.92 Å². The number of nitrogens with zero attached hydrogens (tertiary/aromatic N) is 2. The molecule has 0 aliphatic carbocycles. The summed E-state index contributed by atoms with van der Waals surface area (Å²) < 4.78 is 46.7. The van der Waals surface area contributed by atoms with Crippen LogP contribution in [0.4, 0.5) is 10.5 Å². The number of methoxy groups -OCH3 is 1. The highest BCUT2D eigenvalue weighted by Crippen LogP contribution is 2.30. The maximum Gasteiger partial charge on any atom is 0.317 e. The molecule has 2 aromatic carbocycles. The lowest BCUT2D eigenvalue weighted by Crippen LogP contribution is -2.49. The third kappa shape index (κ3) is 10.2. The van der Waals surface area contributed by atoms with E-state index < -0.39 is 22.0 Å². The third-order valence-electron chi connectivity index (χ3n) is 7.89. The first-order chi connectivity index (χ1) is 21.7. The van der Waals surface area contributed by atoms with Crippen LogP contribution in [0.1, 0.15) is 64.2 Å². The molecule has 0 saturated heterocycles. The molecule has 0 aromatic heterocycles. The van der Waals surface area contributed by atoms with Crippen LogP contribution in [0.25, 0.3) is 0 Å². The summed E-state index contributed by atoms with van der Waals surface area (Å²) in [6.07, 6.45) is 1.69. The molecule has 0 bridgehead atoms. The monoisotopic (exact) mass is 662 g/mol. The van der Waals surface area contributed by atoms with Crippen molar-refractivity contribution in [1.29, 1.82) is 0 Å². The van der Waals surface area contributed by atoms with Crippen LogP contribution in [-0.4, -0.2) is 100 Å². The van der Waals surface area contributed by atoms with Crippen molar-refractivity contribution in [2.24, 2.45) is 5.92 Å². The molecule has 0 radical (unpaired) electrons. The summed E-state index contributed by atoms with van der Waals surface area (Å²) in [4.78, 5) is 30.2. The maximum atomic E-state index is 14.3. The van der Waals surface area contributed by atoms with Gasteiger partial charge in [0.05, 0.1) is 42.4 Å². The molecule has 1 heterocycles. The smallest absolute Gasteiger partial charge is 0.317 e. The lowest BCUT2D eigenvalue weighted by molar-refractivity contribution is -0.0122. The Labute approximate surface area is 273 Å². The van der Waals surface area contributed by atoms with Gasteiger partial charge in [-0.1, -0.05) is 6.92 Å². The van der Waals surface area contributed by atoms with Crippen LogP contribution in [0.5, 0.6) is 11.5 Å². The normalized spacial score (nSPS) is 20.6. The number of fused-ring (bicyclic) bond motifs is 1. The third-order valence-corrected chi connectivity index (χ3v) is 9.28. The molecule has 46 heavy (non-hydrogen) atoms. The first-order valence-corrected chi connectivity index (χ1v) is 17.3. The second-order valence-corrected chi connectivity index (χ2v) is 14.0. The number of anilines is 1. The van der Waals surface area contributed by atoms with Gasteiger partial charge in [-0.3, -0.25) is 9.52 Å². The fourth-order valence-corrected chi connectivity index (χ4v) is 6.18. The van der Waals surface area contributed by atoms with E-state index >= 15 is 0 Å². The average Bonchev–Trinajstić information content (AvgIpc) is 3.01.